The molecule has 0 radical (unpaired) electrons. The van der Waals surface area contributed by atoms with E-state index in [0.29, 0.717) is 32.5 Å². The minimum Gasteiger partial charge on any atom is -0.378 e. The summed E-state index contributed by atoms with van der Waals surface area (Å²) in [5.74, 6) is 0.702. The topological polar surface area (TPSA) is 71.8 Å². The summed E-state index contributed by atoms with van der Waals surface area (Å²) in [7, 11) is 1.85. The smallest absolute Gasteiger partial charge is 0.234 e. The van der Waals surface area contributed by atoms with E-state index < -0.39 is 0 Å². The third-order valence-electron chi connectivity index (χ3n) is 3.75. The molecule has 3 aromatic rings. The number of aromatic nitrogens is 3. The highest BCUT2D eigenvalue weighted by Crippen LogP contribution is 2.26. The maximum absolute atomic E-state index is 12.2. The molecule has 2 N–H and O–H groups in total. The molecule has 146 valence electrons. The fraction of sp³-hybridized carbons (Fsp3) is 0.167. The molecule has 6 nitrogen and oxygen atoms in total. The van der Waals surface area contributed by atoms with Crippen LogP contribution in [0.1, 0.15) is 5.82 Å². The molecule has 0 fully saturated rings. The van der Waals surface area contributed by atoms with Gasteiger partial charge in [-0.15, -0.1) is 10.2 Å². The standard InChI is InChI=1S/C18H16Cl3N5OS/c1-26-16(9-22-13-5-2-11(19)3-6-13)24-25-18(26)28-10-17(27)23-15-8-12(20)4-7-14(15)21/h2-8,22H,9-10H2,1H3,(H,23,27). The van der Waals surface area contributed by atoms with E-state index >= 15 is 0 Å². The second-order valence-corrected chi connectivity index (χ2v) is 8.00. The molecule has 0 aliphatic rings. The Labute approximate surface area is 181 Å². The minimum atomic E-state index is -0.210. The number of thioether (sulfide) groups is 1. The molecule has 0 atom stereocenters. The predicted octanol–water partition coefficient (Wildman–Crippen LogP) is 5.12. The van der Waals surface area contributed by atoms with Crippen molar-refractivity contribution < 1.29 is 4.79 Å². The number of nitrogens with one attached hydrogen (secondary N) is 2. The lowest BCUT2D eigenvalue weighted by Gasteiger charge is -2.08. The summed E-state index contributed by atoms with van der Waals surface area (Å²) in [4.78, 5) is 12.2. The Morgan fingerprint density at radius 1 is 1.07 bits per heavy atom. The number of carbonyl (C=O) groups excluding carboxylic acids is 1. The van der Waals surface area contributed by atoms with Gasteiger partial charge in [-0.2, -0.15) is 0 Å². The van der Waals surface area contributed by atoms with Crippen LogP contribution in [-0.4, -0.2) is 26.4 Å². The van der Waals surface area contributed by atoms with Gasteiger partial charge in [0.05, 0.1) is 23.0 Å². The van der Waals surface area contributed by atoms with Crippen molar-refractivity contribution in [3.05, 3.63) is 63.4 Å². The van der Waals surface area contributed by atoms with Crippen LogP contribution in [0.2, 0.25) is 15.1 Å². The van der Waals surface area contributed by atoms with Crippen molar-refractivity contribution in [3.8, 4) is 0 Å². The Morgan fingerprint density at radius 2 is 1.79 bits per heavy atom. The number of halogens is 3. The molecular formula is C18H16Cl3N5OS. The molecule has 0 unspecified atom stereocenters. The van der Waals surface area contributed by atoms with Crippen molar-refractivity contribution in [1.29, 1.82) is 0 Å². The van der Waals surface area contributed by atoms with Crippen molar-refractivity contribution >= 4 is 63.8 Å². The third-order valence-corrected chi connectivity index (χ3v) is 5.59. The van der Waals surface area contributed by atoms with Gasteiger partial charge in [-0.05, 0) is 42.5 Å². The molecule has 10 heteroatoms. The lowest BCUT2D eigenvalue weighted by molar-refractivity contribution is -0.113. The molecule has 28 heavy (non-hydrogen) atoms. The summed E-state index contributed by atoms with van der Waals surface area (Å²) < 4.78 is 1.84. The Hall–Kier alpha value is -1.93. The molecule has 1 heterocycles. The molecular weight excluding hydrogens is 441 g/mol. The highest BCUT2D eigenvalue weighted by atomic mass is 35.5. The number of nitrogens with zero attached hydrogens (tertiary/aromatic N) is 3. The van der Waals surface area contributed by atoms with Crippen LogP contribution in [0.4, 0.5) is 11.4 Å². The Balaban J connectivity index is 1.54. The van der Waals surface area contributed by atoms with Crippen molar-refractivity contribution in [2.24, 2.45) is 7.05 Å². The summed E-state index contributed by atoms with van der Waals surface area (Å²) >= 11 is 19.2. The monoisotopic (exact) mass is 455 g/mol. The van der Waals surface area contributed by atoms with Gasteiger partial charge in [-0.3, -0.25) is 4.79 Å². The average Bonchev–Trinajstić information content (AvgIpc) is 3.02. The number of anilines is 2. The number of amides is 1. The second-order valence-electron chi connectivity index (χ2n) is 5.78. The summed E-state index contributed by atoms with van der Waals surface area (Å²) in [5.41, 5.74) is 1.41. The van der Waals surface area contributed by atoms with Crippen molar-refractivity contribution in [3.63, 3.8) is 0 Å². The largest absolute Gasteiger partial charge is 0.378 e. The first-order valence-corrected chi connectivity index (χ1v) is 10.3. The van der Waals surface area contributed by atoms with Crippen molar-refractivity contribution in [2.75, 3.05) is 16.4 Å². The van der Waals surface area contributed by atoms with Crippen LogP contribution in [0.3, 0.4) is 0 Å². The van der Waals surface area contributed by atoms with Gasteiger partial charge in [0.15, 0.2) is 11.0 Å². The lowest BCUT2D eigenvalue weighted by Crippen LogP contribution is -2.15. The first kappa shape index (κ1) is 20.8. The lowest BCUT2D eigenvalue weighted by atomic mass is 10.3. The Bertz CT molecular complexity index is 978. The maximum Gasteiger partial charge on any atom is 0.234 e. The highest BCUT2D eigenvalue weighted by molar-refractivity contribution is 7.99. The van der Waals surface area contributed by atoms with Crippen LogP contribution < -0.4 is 10.6 Å². The Morgan fingerprint density at radius 3 is 2.54 bits per heavy atom. The van der Waals surface area contributed by atoms with Gasteiger partial charge in [-0.1, -0.05) is 46.6 Å². The number of benzene rings is 2. The molecule has 0 bridgehead atoms. The fourth-order valence-corrected chi connectivity index (χ4v) is 3.48. The van der Waals surface area contributed by atoms with Crippen LogP contribution in [-0.2, 0) is 18.4 Å². The molecule has 0 aliphatic heterocycles. The van der Waals surface area contributed by atoms with E-state index in [1.54, 1.807) is 18.2 Å². The van der Waals surface area contributed by atoms with E-state index in [4.69, 9.17) is 34.8 Å². The molecule has 3 rings (SSSR count). The van der Waals surface area contributed by atoms with Gasteiger partial charge in [0.25, 0.3) is 0 Å². The molecule has 2 aromatic carbocycles. The van der Waals surface area contributed by atoms with E-state index in [1.807, 2.05) is 35.9 Å². The number of carbonyl (C=O) groups is 1. The first-order valence-electron chi connectivity index (χ1n) is 8.18. The number of hydrogen-bond donors (Lipinski definition) is 2. The molecule has 0 spiro atoms. The number of rotatable bonds is 7. The van der Waals surface area contributed by atoms with E-state index in [0.717, 1.165) is 11.5 Å². The van der Waals surface area contributed by atoms with Gasteiger partial charge < -0.3 is 15.2 Å². The minimum absolute atomic E-state index is 0.166. The Kier molecular flexibility index (Phi) is 7.07. The molecule has 1 aromatic heterocycles. The van der Waals surface area contributed by atoms with Gasteiger partial charge in [-0.25, -0.2) is 0 Å². The quantitative estimate of drug-likeness (QED) is 0.483. The van der Waals surface area contributed by atoms with Crippen LogP contribution in [0, 0.1) is 0 Å². The third kappa shape index (κ3) is 5.54. The molecule has 0 saturated carbocycles. The van der Waals surface area contributed by atoms with E-state index in [-0.39, 0.29) is 11.7 Å². The summed E-state index contributed by atoms with van der Waals surface area (Å²) in [6, 6.07) is 12.3. The predicted molar refractivity (Wildman–Crippen MR) is 116 cm³/mol. The summed E-state index contributed by atoms with van der Waals surface area (Å²) in [6.07, 6.45) is 0. The zero-order chi connectivity index (χ0) is 20.1. The zero-order valence-corrected chi connectivity index (χ0v) is 17.8. The first-order chi connectivity index (χ1) is 13.4. The van der Waals surface area contributed by atoms with Crippen molar-refractivity contribution in [2.45, 2.75) is 11.7 Å². The van der Waals surface area contributed by atoms with Crippen LogP contribution in [0.15, 0.2) is 47.6 Å². The van der Waals surface area contributed by atoms with Gasteiger partial charge in [0.2, 0.25) is 5.91 Å². The fourth-order valence-electron chi connectivity index (χ4n) is 2.28. The van der Waals surface area contributed by atoms with Crippen LogP contribution in [0.5, 0.6) is 0 Å². The van der Waals surface area contributed by atoms with Gasteiger partial charge in [0.1, 0.15) is 0 Å². The molecule has 0 saturated heterocycles. The normalized spacial score (nSPS) is 10.7. The van der Waals surface area contributed by atoms with Crippen molar-refractivity contribution in [1.82, 2.24) is 14.8 Å². The summed E-state index contributed by atoms with van der Waals surface area (Å²) in [6.45, 7) is 0.496. The number of hydrogen-bond acceptors (Lipinski definition) is 5. The van der Waals surface area contributed by atoms with Gasteiger partial charge >= 0.3 is 0 Å². The highest BCUT2D eigenvalue weighted by Gasteiger charge is 2.12. The second kappa shape index (κ2) is 9.52. The van der Waals surface area contributed by atoms with Gasteiger partial charge in [0, 0.05) is 22.8 Å². The van der Waals surface area contributed by atoms with E-state index in [1.165, 1.54) is 11.8 Å². The molecule has 1 amide bonds. The molecule has 0 aliphatic carbocycles. The van der Waals surface area contributed by atoms with Crippen LogP contribution in [0.25, 0.3) is 0 Å². The van der Waals surface area contributed by atoms with Crippen LogP contribution >= 0.6 is 46.6 Å². The SMILES string of the molecule is Cn1c(CNc2ccc(Cl)cc2)nnc1SCC(=O)Nc1cc(Cl)ccc1Cl. The maximum atomic E-state index is 12.2. The average molecular weight is 457 g/mol. The van der Waals surface area contributed by atoms with E-state index in [9.17, 15) is 4.79 Å². The summed E-state index contributed by atoms with van der Waals surface area (Å²) in [5, 5.41) is 16.6. The zero-order valence-electron chi connectivity index (χ0n) is 14.7. The van der Waals surface area contributed by atoms with E-state index in [2.05, 4.69) is 20.8 Å².